The van der Waals surface area contributed by atoms with Gasteiger partial charge in [-0.15, -0.1) is 0 Å². The van der Waals surface area contributed by atoms with Crippen LogP contribution in [0, 0.1) is 0 Å². The van der Waals surface area contributed by atoms with Crippen LogP contribution in [0.25, 0.3) is 11.0 Å². The predicted octanol–water partition coefficient (Wildman–Crippen LogP) is 4.37. The van der Waals surface area contributed by atoms with Crippen molar-refractivity contribution >= 4 is 16.7 Å². The van der Waals surface area contributed by atoms with Gasteiger partial charge in [0.15, 0.2) is 23.0 Å². The molecule has 128 valence electrons. The Morgan fingerprint density at radius 1 is 1.42 bits per heavy atom. The van der Waals surface area contributed by atoms with Crippen molar-refractivity contribution in [3.63, 3.8) is 0 Å². The minimum absolute atomic E-state index is 0.0584. The minimum Gasteiger partial charge on any atom is -0.477 e. The number of hydrogen-bond donors (Lipinski definition) is 1. The highest BCUT2D eigenvalue weighted by molar-refractivity contribution is 5.79. The van der Waals surface area contributed by atoms with Crippen LogP contribution in [0.3, 0.4) is 0 Å². The molecule has 3 rings (SSSR count). The van der Waals surface area contributed by atoms with Gasteiger partial charge in [-0.1, -0.05) is 0 Å². The third-order valence-electron chi connectivity index (χ3n) is 4.08. The van der Waals surface area contributed by atoms with Crippen molar-refractivity contribution in [1.29, 1.82) is 0 Å². The number of aromatic nitrogens is 2. The van der Waals surface area contributed by atoms with E-state index >= 15 is 0 Å². The van der Waals surface area contributed by atoms with E-state index in [1.165, 1.54) is 6.08 Å². The van der Waals surface area contributed by atoms with Gasteiger partial charge in [0.05, 0.1) is 11.0 Å². The van der Waals surface area contributed by atoms with Crippen LogP contribution >= 0.6 is 0 Å². The summed E-state index contributed by atoms with van der Waals surface area (Å²) in [6.07, 6.45) is 1.19. The summed E-state index contributed by atoms with van der Waals surface area (Å²) in [5.74, 6) is 0.0509. The minimum atomic E-state index is -1.30. The Balaban J connectivity index is 2.00. The summed E-state index contributed by atoms with van der Waals surface area (Å²) in [4.78, 5) is 4.64. The molecule has 1 aromatic heterocycles. The molecule has 0 aliphatic heterocycles. The van der Waals surface area contributed by atoms with E-state index in [1.807, 2.05) is 37.5 Å². The molecule has 1 aliphatic carbocycles. The van der Waals surface area contributed by atoms with Crippen LogP contribution < -0.4 is 5.73 Å². The number of fused-ring (bicyclic) bond motifs is 1. The molecule has 1 aromatic carbocycles. The van der Waals surface area contributed by atoms with Gasteiger partial charge in [-0.05, 0) is 51.1 Å². The highest BCUT2D eigenvalue weighted by Crippen LogP contribution is 2.34. The average Bonchev–Trinajstić information content (AvgIpc) is 2.88. The molecule has 2 N–H and O–H groups in total. The molecule has 2 aromatic rings. The number of halogens is 2. The van der Waals surface area contributed by atoms with Gasteiger partial charge in [-0.2, -0.15) is 0 Å². The molecule has 0 saturated heterocycles. The van der Waals surface area contributed by atoms with Gasteiger partial charge in [-0.3, -0.25) is 0 Å². The lowest BCUT2D eigenvalue weighted by atomic mass is 10.1. The number of nitrogens with two attached hydrogens (primary N) is 1. The van der Waals surface area contributed by atoms with Crippen LogP contribution in [0.5, 0.6) is 0 Å². The van der Waals surface area contributed by atoms with Crippen LogP contribution in [0.1, 0.15) is 33.0 Å². The molecule has 1 atom stereocenters. The van der Waals surface area contributed by atoms with E-state index in [2.05, 4.69) is 4.98 Å². The molecule has 1 unspecified atom stereocenters. The first-order valence-corrected chi connectivity index (χ1v) is 7.99. The van der Waals surface area contributed by atoms with Crippen molar-refractivity contribution in [2.24, 2.45) is 0 Å². The van der Waals surface area contributed by atoms with Crippen LogP contribution in [0.2, 0.25) is 0 Å². The van der Waals surface area contributed by atoms with Crippen LogP contribution in [0.15, 0.2) is 41.9 Å². The van der Waals surface area contributed by atoms with Gasteiger partial charge < -0.3 is 15.0 Å². The monoisotopic (exact) mass is 333 g/mol. The van der Waals surface area contributed by atoms with Gasteiger partial charge in [0.1, 0.15) is 6.17 Å². The van der Waals surface area contributed by atoms with Crippen molar-refractivity contribution in [2.45, 2.75) is 45.5 Å². The Morgan fingerprint density at radius 3 is 2.83 bits per heavy atom. The largest absolute Gasteiger partial charge is 0.477 e. The summed E-state index contributed by atoms with van der Waals surface area (Å²) in [5.41, 5.74) is 7.28. The standard InChI is InChI=1S/C18H21F2N3O/c1-4-23-15-7-6-12(21)10-14(15)22-17(23)18(2,3)24-16-8-5-11(19)9-13(16)20/h6-11H,4-5,21H2,1-3H3. The summed E-state index contributed by atoms with van der Waals surface area (Å²) in [7, 11) is 0. The highest BCUT2D eigenvalue weighted by Gasteiger charge is 2.32. The topological polar surface area (TPSA) is 53.1 Å². The van der Waals surface area contributed by atoms with E-state index < -0.39 is 17.6 Å². The number of rotatable bonds is 4. The zero-order valence-electron chi connectivity index (χ0n) is 14.0. The second kappa shape index (κ2) is 5.92. The number of benzene rings is 1. The van der Waals surface area contributed by atoms with Crippen molar-refractivity contribution < 1.29 is 13.5 Å². The lowest BCUT2D eigenvalue weighted by Gasteiger charge is -2.28. The molecule has 0 bridgehead atoms. The zero-order chi connectivity index (χ0) is 17.5. The van der Waals surface area contributed by atoms with Crippen molar-refractivity contribution in [3.8, 4) is 0 Å². The van der Waals surface area contributed by atoms with Gasteiger partial charge in [-0.25, -0.2) is 13.8 Å². The normalized spacial score (nSPS) is 18.5. The molecule has 6 heteroatoms. The number of aryl methyl sites for hydroxylation is 1. The third kappa shape index (κ3) is 2.88. The van der Waals surface area contributed by atoms with Crippen LogP contribution in [-0.4, -0.2) is 15.7 Å². The van der Waals surface area contributed by atoms with Crippen molar-refractivity contribution in [1.82, 2.24) is 9.55 Å². The zero-order valence-corrected chi connectivity index (χ0v) is 14.0. The van der Waals surface area contributed by atoms with E-state index in [9.17, 15) is 8.78 Å². The molecule has 0 radical (unpaired) electrons. The Kier molecular flexibility index (Phi) is 4.07. The van der Waals surface area contributed by atoms with Gasteiger partial charge in [0, 0.05) is 18.7 Å². The first-order valence-electron chi connectivity index (χ1n) is 7.99. The Morgan fingerprint density at radius 2 is 2.17 bits per heavy atom. The van der Waals surface area contributed by atoms with Gasteiger partial charge in [0.25, 0.3) is 0 Å². The maximum atomic E-state index is 14.0. The smallest absolute Gasteiger partial charge is 0.163 e. The first-order chi connectivity index (χ1) is 11.3. The summed E-state index contributed by atoms with van der Waals surface area (Å²) in [6, 6.07) is 5.53. The highest BCUT2D eigenvalue weighted by atomic mass is 19.1. The van der Waals surface area contributed by atoms with Gasteiger partial charge >= 0.3 is 0 Å². The fraction of sp³-hybridized carbons (Fsp3) is 0.389. The molecule has 0 amide bonds. The quantitative estimate of drug-likeness (QED) is 0.845. The summed E-state index contributed by atoms with van der Waals surface area (Å²) < 4.78 is 35.1. The molecule has 1 aliphatic rings. The summed E-state index contributed by atoms with van der Waals surface area (Å²) in [5, 5.41) is 0. The van der Waals surface area contributed by atoms with Gasteiger partial charge in [0.2, 0.25) is 0 Å². The number of imidazole rings is 1. The Labute approximate surface area is 139 Å². The molecule has 1 heterocycles. The number of alkyl halides is 1. The molecule has 0 spiro atoms. The average molecular weight is 333 g/mol. The maximum Gasteiger partial charge on any atom is 0.163 e. The van der Waals surface area contributed by atoms with Crippen molar-refractivity contribution in [2.75, 3.05) is 5.73 Å². The van der Waals surface area contributed by atoms with E-state index in [-0.39, 0.29) is 12.2 Å². The molecule has 0 fully saturated rings. The molecular weight excluding hydrogens is 312 g/mol. The molecule has 4 nitrogen and oxygen atoms in total. The number of nitrogens with zero attached hydrogens (tertiary/aromatic N) is 2. The lowest BCUT2D eigenvalue weighted by Crippen LogP contribution is -2.27. The maximum absolute atomic E-state index is 14.0. The second-order valence-electron chi connectivity index (χ2n) is 6.37. The number of hydrogen-bond acceptors (Lipinski definition) is 3. The van der Waals surface area contributed by atoms with Crippen molar-refractivity contribution in [3.05, 3.63) is 47.8 Å². The van der Waals surface area contributed by atoms with E-state index in [4.69, 9.17) is 10.5 Å². The molecule has 0 saturated carbocycles. The van der Waals surface area contributed by atoms with Crippen LogP contribution in [0.4, 0.5) is 14.5 Å². The first kappa shape index (κ1) is 16.5. The second-order valence-corrected chi connectivity index (χ2v) is 6.37. The Hall–Kier alpha value is -2.37. The Bertz CT molecular complexity index is 836. The predicted molar refractivity (Wildman–Crippen MR) is 90.7 cm³/mol. The van der Waals surface area contributed by atoms with E-state index in [1.54, 1.807) is 6.07 Å². The molecule has 24 heavy (non-hydrogen) atoms. The molecular formula is C18H21F2N3O. The summed E-state index contributed by atoms with van der Waals surface area (Å²) >= 11 is 0. The third-order valence-corrected chi connectivity index (χ3v) is 4.08. The SMILES string of the molecule is CCn1c(C(C)(C)OC2=CCC(F)C=C2F)nc2cc(N)ccc21. The van der Waals surface area contributed by atoms with E-state index in [0.29, 0.717) is 18.1 Å². The lowest BCUT2D eigenvalue weighted by molar-refractivity contribution is 0.0196. The summed E-state index contributed by atoms with van der Waals surface area (Å²) in [6.45, 7) is 6.33. The number of nitrogen functional groups attached to an aromatic ring is 1. The number of anilines is 1. The fourth-order valence-electron chi connectivity index (χ4n) is 2.96. The fourth-order valence-corrected chi connectivity index (χ4v) is 2.96. The van der Waals surface area contributed by atoms with E-state index in [0.717, 1.165) is 17.1 Å². The van der Waals surface area contributed by atoms with Crippen LogP contribution in [-0.2, 0) is 16.9 Å². The number of ether oxygens (including phenoxy) is 1. The number of allylic oxidation sites excluding steroid dienone is 3.